The average molecular weight is 181 g/mol. The van der Waals surface area contributed by atoms with Gasteiger partial charge in [-0.2, -0.15) is 0 Å². The number of fused-ring (bicyclic) bond motifs is 2. The van der Waals surface area contributed by atoms with Crippen LogP contribution in [-0.4, -0.2) is 29.3 Å². The Hall–Kier alpha value is -0.370. The second-order valence-corrected chi connectivity index (χ2v) is 4.42. The van der Waals surface area contributed by atoms with Gasteiger partial charge in [0.25, 0.3) is 0 Å². The highest BCUT2D eigenvalue weighted by atomic mass is 16.1. The summed E-state index contributed by atoms with van der Waals surface area (Å²) < 4.78 is 0. The maximum atomic E-state index is 11.3. The topological polar surface area (TPSA) is 20.3 Å². The van der Waals surface area contributed by atoms with Crippen molar-refractivity contribution in [3.63, 3.8) is 0 Å². The van der Waals surface area contributed by atoms with E-state index < -0.39 is 0 Å². The molecular formula is C11H19NO. The van der Waals surface area contributed by atoms with Crippen LogP contribution in [0, 0.1) is 0 Å². The Bertz CT molecular complexity index is 186. The Morgan fingerprint density at radius 1 is 1.31 bits per heavy atom. The van der Waals surface area contributed by atoms with E-state index in [0.717, 1.165) is 12.8 Å². The highest BCUT2D eigenvalue weighted by Gasteiger charge is 2.39. The normalized spacial score (nSPS) is 34.1. The SMILES string of the molecule is CCCCN1[C@@H]2CC[C@H]1CC(=O)C2. The van der Waals surface area contributed by atoms with E-state index in [9.17, 15) is 4.79 Å². The van der Waals surface area contributed by atoms with Gasteiger partial charge in [-0.05, 0) is 25.8 Å². The molecule has 2 aliphatic rings. The molecule has 2 rings (SSSR count). The molecule has 2 bridgehead atoms. The minimum atomic E-state index is 0.500. The number of carbonyl (C=O) groups is 1. The minimum Gasteiger partial charge on any atom is -0.300 e. The summed E-state index contributed by atoms with van der Waals surface area (Å²) in [5.41, 5.74) is 0. The summed E-state index contributed by atoms with van der Waals surface area (Å²) in [7, 11) is 0. The zero-order valence-corrected chi connectivity index (χ0v) is 8.46. The summed E-state index contributed by atoms with van der Waals surface area (Å²) >= 11 is 0. The van der Waals surface area contributed by atoms with E-state index in [4.69, 9.17) is 0 Å². The van der Waals surface area contributed by atoms with Gasteiger partial charge in [-0.25, -0.2) is 0 Å². The molecular weight excluding hydrogens is 162 g/mol. The number of ketones is 1. The molecule has 2 heteroatoms. The number of piperidine rings is 1. The second kappa shape index (κ2) is 3.79. The van der Waals surface area contributed by atoms with Crippen molar-refractivity contribution in [2.24, 2.45) is 0 Å². The van der Waals surface area contributed by atoms with Crippen LogP contribution >= 0.6 is 0 Å². The molecule has 0 amide bonds. The molecule has 2 saturated heterocycles. The molecule has 0 aromatic heterocycles. The van der Waals surface area contributed by atoms with Crippen LogP contribution in [0.1, 0.15) is 45.4 Å². The van der Waals surface area contributed by atoms with E-state index in [1.54, 1.807) is 0 Å². The van der Waals surface area contributed by atoms with E-state index in [0.29, 0.717) is 17.9 Å². The van der Waals surface area contributed by atoms with Crippen LogP contribution in [0.2, 0.25) is 0 Å². The van der Waals surface area contributed by atoms with Gasteiger partial charge in [-0.1, -0.05) is 13.3 Å². The molecule has 0 aliphatic carbocycles. The maximum absolute atomic E-state index is 11.3. The number of carbonyl (C=O) groups excluding carboxylic acids is 1. The summed E-state index contributed by atoms with van der Waals surface area (Å²) in [5, 5.41) is 0. The van der Waals surface area contributed by atoms with E-state index in [1.807, 2.05) is 0 Å². The quantitative estimate of drug-likeness (QED) is 0.663. The number of unbranched alkanes of at least 4 members (excludes halogenated alkanes) is 1. The third-order valence-corrected chi connectivity index (χ3v) is 3.47. The minimum absolute atomic E-state index is 0.500. The fourth-order valence-electron chi connectivity index (χ4n) is 2.77. The van der Waals surface area contributed by atoms with Gasteiger partial charge >= 0.3 is 0 Å². The number of hydrogen-bond acceptors (Lipinski definition) is 2. The smallest absolute Gasteiger partial charge is 0.136 e. The summed E-state index contributed by atoms with van der Waals surface area (Å²) in [6, 6.07) is 1.22. The van der Waals surface area contributed by atoms with Crippen molar-refractivity contribution in [1.82, 2.24) is 4.90 Å². The highest BCUT2D eigenvalue weighted by Crippen LogP contribution is 2.33. The van der Waals surface area contributed by atoms with Crippen molar-refractivity contribution in [3.8, 4) is 0 Å². The Kier molecular flexibility index (Phi) is 2.68. The summed E-state index contributed by atoms with van der Waals surface area (Å²) in [6.07, 6.45) is 6.76. The maximum Gasteiger partial charge on any atom is 0.136 e. The van der Waals surface area contributed by atoms with E-state index >= 15 is 0 Å². The number of rotatable bonds is 3. The second-order valence-electron chi connectivity index (χ2n) is 4.42. The molecule has 0 spiro atoms. The fourth-order valence-corrected chi connectivity index (χ4v) is 2.77. The van der Waals surface area contributed by atoms with Crippen molar-refractivity contribution in [1.29, 1.82) is 0 Å². The predicted octanol–water partition coefficient (Wildman–Crippen LogP) is 1.98. The lowest BCUT2D eigenvalue weighted by Gasteiger charge is -2.33. The third-order valence-electron chi connectivity index (χ3n) is 3.47. The first-order valence-electron chi connectivity index (χ1n) is 5.58. The third kappa shape index (κ3) is 1.78. The van der Waals surface area contributed by atoms with Gasteiger partial charge in [0, 0.05) is 24.9 Å². The largest absolute Gasteiger partial charge is 0.300 e. The number of nitrogens with zero attached hydrogens (tertiary/aromatic N) is 1. The molecule has 2 aliphatic heterocycles. The van der Waals surface area contributed by atoms with Gasteiger partial charge in [0.15, 0.2) is 0 Å². The molecule has 0 aromatic carbocycles. The molecule has 2 atom stereocenters. The van der Waals surface area contributed by atoms with E-state index in [2.05, 4.69) is 11.8 Å². The van der Waals surface area contributed by atoms with Gasteiger partial charge in [0.2, 0.25) is 0 Å². The van der Waals surface area contributed by atoms with Crippen molar-refractivity contribution < 1.29 is 4.79 Å². The van der Waals surface area contributed by atoms with E-state index in [1.165, 1.54) is 32.2 Å². The van der Waals surface area contributed by atoms with Gasteiger partial charge in [0.1, 0.15) is 5.78 Å². The molecule has 0 unspecified atom stereocenters. The standard InChI is InChI=1S/C11H19NO/c1-2-3-6-12-9-4-5-10(12)8-11(13)7-9/h9-10H,2-8H2,1H3/t9-,10+. The lowest BCUT2D eigenvalue weighted by Crippen LogP contribution is -2.43. The van der Waals surface area contributed by atoms with Crippen LogP contribution in [0.3, 0.4) is 0 Å². The number of Topliss-reactive ketones (excluding diaryl/α,β-unsaturated/α-hetero) is 1. The average Bonchev–Trinajstić information content (AvgIpc) is 2.33. The first-order valence-corrected chi connectivity index (χ1v) is 5.58. The molecule has 74 valence electrons. The highest BCUT2D eigenvalue weighted by molar-refractivity contribution is 5.80. The first kappa shape index (κ1) is 9.20. The van der Waals surface area contributed by atoms with Crippen LogP contribution in [-0.2, 0) is 4.79 Å². The van der Waals surface area contributed by atoms with Crippen molar-refractivity contribution >= 4 is 5.78 Å². The Balaban J connectivity index is 1.94. The molecule has 2 fully saturated rings. The van der Waals surface area contributed by atoms with Gasteiger partial charge < -0.3 is 0 Å². The zero-order chi connectivity index (χ0) is 9.26. The monoisotopic (exact) mass is 181 g/mol. The molecule has 2 nitrogen and oxygen atoms in total. The van der Waals surface area contributed by atoms with Crippen molar-refractivity contribution in [2.75, 3.05) is 6.54 Å². The molecule has 13 heavy (non-hydrogen) atoms. The predicted molar refractivity (Wildman–Crippen MR) is 52.7 cm³/mol. The van der Waals surface area contributed by atoms with Crippen LogP contribution < -0.4 is 0 Å². The molecule has 0 radical (unpaired) electrons. The Labute approximate surface area is 80.3 Å². The molecule has 0 N–H and O–H groups in total. The Morgan fingerprint density at radius 2 is 1.92 bits per heavy atom. The van der Waals surface area contributed by atoms with Crippen molar-refractivity contribution in [2.45, 2.75) is 57.5 Å². The Morgan fingerprint density at radius 3 is 2.46 bits per heavy atom. The van der Waals surface area contributed by atoms with E-state index in [-0.39, 0.29) is 0 Å². The van der Waals surface area contributed by atoms with Gasteiger partial charge in [-0.3, -0.25) is 9.69 Å². The summed E-state index contributed by atoms with van der Waals surface area (Å²) in [4.78, 5) is 13.9. The van der Waals surface area contributed by atoms with Crippen LogP contribution in [0.5, 0.6) is 0 Å². The van der Waals surface area contributed by atoms with Crippen LogP contribution in [0.25, 0.3) is 0 Å². The van der Waals surface area contributed by atoms with Crippen LogP contribution in [0.15, 0.2) is 0 Å². The zero-order valence-electron chi connectivity index (χ0n) is 8.46. The summed E-state index contributed by atoms with van der Waals surface area (Å²) in [5.74, 6) is 0.500. The fraction of sp³-hybridized carbons (Fsp3) is 0.909. The van der Waals surface area contributed by atoms with Crippen molar-refractivity contribution in [3.05, 3.63) is 0 Å². The first-order chi connectivity index (χ1) is 6.31. The molecule has 2 heterocycles. The van der Waals surface area contributed by atoms with Crippen LogP contribution in [0.4, 0.5) is 0 Å². The molecule has 0 aromatic rings. The molecule has 0 saturated carbocycles. The summed E-state index contributed by atoms with van der Waals surface area (Å²) in [6.45, 7) is 3.45. The number of hydrogen-bond donors (Lipinski definition) is 0. The van der Waals surface area contributed by atoms with Gasteiger partial charge in [0.05, 0.1) is 0 Å². The van der Waals surface area contributed by atoms with Gasteiger partial charge in [-0.15, -0.1) is 0 Å². The lowest BCUT2D eigenvalue weighted by molar-refractivity contribution is -0.123. The lowest BCUT2D eigenvalue weighted by atomic mass is 10.0.